The zero-order valence-corrected chi connectivity index (χ0v) is 16.5. The van der Waals surface area contributed by atoms with Crippen molar-refractivity contribution >= 4 is 16.9 Å². The summed E-state index contributed by atoms with van der Waals surface area (Å²) in [6.45, 7) is 2.51. The van der Waals surface area contributed by atoms with E-state index in [4.69, 9.17) is 4.74 Å². The smallest absolute Gasteiger partial charge is 0.272 e. The molecule has 0 spiro atoms. The average molecular weight is 396 g/mol. The number of carbonyl (C=O) groups excluding carboxylic acids is 1. The second-order valence-corrected chi connectivity index (χ2v) is 7.42. The van der Waals surface area contributed by atoms with Crippen molar-refractivity contribution in [2.75, 3.05) is 6.61 Å². The van der Waals surface area contributed by atoms with Crippen molar-refractivity contribution in [2.45, 2.75) is 18.9 Å². The van der Waals surface area contributed by atoms with Crippen LogP contribution in [0.5, 0.6) is 5.75 Å². The quantitative estimate of drug-likeness (QED) is 0.570. The number of carbonyl (C=O) groups is 1. The molecular formula is C24H20N4O2. The number of fused-ring (bicyclic) bond motifs is 2. The molecule has 0 aliphatic carbocycles. The van der Waals surface area contributed by atoms with Gasteiger partial charge in [0.25, 0.3) is 5.91 Å². The van der Waals surface area contributed by atoms with Crippen LogP contribution in [0.25, 0.3) is 11.0 Å². The van der Waals surface area contributed by atoms with E-state index in [0.717, 1.165) is 16.6 Å². The first-order chi connectivity index (χ1) is 14.7. The molecule has 0 radical (unpaired) electrons. The molecule has 5 rings (SSSR count). The highest BCUT2D eigenvalue weighted by Crippen LogP contribution is 2.40. The van der Waals surface area contributed by atoms with Gasteiger partial charge in [-0.2, -0.15) is 0 Å². The minimum atomic E-state index is -0.813. The summed E-state index contributed by atoms with van der Waals surface area (Å²) in [4.78, 5) is 26.8. The minimum absolute atomic E-state index is 0.268. The van der Waals surface area contributed by atoms with Gasteiger partial charge in [-0.15, -0.1) is 0 Å². The van der Waals surface area contributed by atoms with Gasteiger partial charge in [-0.25, -0.2) is 4.98 Å². The Kier molecular flexibility index (Phi) is 4.39. The highest BCUT2D eigenvalue weighted by Gasteiger charge is 2.42. The van der Waals surface area contributed by atoms with E-state index < -0.39 is 5.54 Å². The monoisotopic (exact) mass is 396 g/mol. The Hall–Kier alpha value is -3.80. The van der Waals surface area contributed by atoms with Crippen LogP contribution in [0.3, 0.4) is 0 Å². The van der Waals surface area contributed by atoms with Gasteiger partial charge in [0.1, 0.15) is 22.7 Å². The highest BCUT2D eigenvalue weighted by molar-refractivity contribution is 5.94. The van der Waals surface area contributed by atoms with Crippen LogP contribution in [0.15, 0.2) is 73.1 Å². The summed E-state index contributed by atoms with van der Waals surface area (Å²) < 4.78 is 5.83. The molecule has 2 aromatic carbocycles. The number of nitrogens with one attached hydrogen (secondary N) is 1. The Balaban J connectivity index is 1.61. The standard InChI is InChI=1S/C24H20N4O2/c1-16-8-10-17(11-9-16)24(12-14-30-21-7-4-13-25-22(21)24)28-23(29)20-15-26-18-5-2-3-6-19(18)27-20/h2-11,13,15H,12,14H2,1H3,(H,28,29)/t24-/m0/s1. The van der Waals surface area contributed by atoms with Gasteiger partial charge in [-0.3, -0.25) is 14.8 Å². The lowest BCUT2D eigenvalue weighted by Gasteiger charge is -2.38. The Labute approximate surface area is 174 Å². The first kappa shape index (κ1) is 18.2. The molecule has 148 valence electrons. The number of amides is 1. The van der Waals surface area contributed by atoms with Gasteiger partial charge in [-0.05, 0) is 36.8 Å². The van der Waals surface area contributed by atoms with E-state index in [9.17, 15) is 4.79 Å². The van der Waals surface area contributed by atoms with E-state index in [1.807, 2.05) is 67.6 Å². The van der Waals surface area contributed by atoms with Crippen molar-refractivity contribution in [3.63, 3.8) is 0 Å². The summed E-state index contributed by atoms with van der Waals surface area (Å²) >= 11 is 0. The zero-order valence-electron chi connectivity index (χ0n) is 16.5. The molecule has 1 amide bonds. The van der Waals surface area contributed by atoms with Gasteiger partial charge in [-0.1, -0.05) is 42.0 Å². The maximum absolute atomic E-state index is 13.3. The molecular weight excluding hydrogens is 376 g/mol. The lowest BCUT2D eigenvalue weighted by Crippen LogP contribution is -2.50. The van der Waals surface area contributed by atoms with Crippen LogP contribution in [0.4, 0.5) is 0 Å². The van der Waals surface area contributed by atoms with Crippen molar-refractivity contribution in [3.8, 4) is 5.75 Å². The molecule has 0 bridgehead atoms. The topological polar surface area (TPSA) is 77.0 Å². The molecule has 0 unspecified atom stereocenters. The maximum atomic E-state index is 13.3. The minimum Gasteiger partial charge on any atom is -0.491 e. The number of hydrogen-bond acceptors (Lipinski definition) is 5. The SMILES string of the molecule is Cc1ccc([C@@]2(NC(=O)c3cnc4ccccc4n3)CCOc3cccnc32)cc1. The fourth-order valence-corrected chi connectivity index (χ4v) is 3.90. The number of para-hydroxylation sites is 2. The van der Waals surface area contributed by atoms with Crippen LogP contribution in [-0.4, -0.2) is 27.5 Å². The van der Waals surface area contributed by atoms with Crippen LogP contribution in [0, 0.1) is 6.92 Å². The number of aromatic nitrogens is 3. The Morgan fingerprint density at radius 3 is 2.63 bits per heavy atom. The number of rotatable bonds is 3. The van der Waals surface area contributed by atoms with Crippen molar-refractivity contribution in [3.05, 3.63) is 95.6 Å². The molecule has 0 saturated carbocycles. The zero-order chi connectivity index (χ0) is 20.6. The third kappa shape index (κ3) is 3.06. The summed E-state index contributed by atoms with van der Waals surface area (Å²) in [5.74, 6) is 0.376. The van der Waals surface area contributed by atoms with E-state index in [1.165, 1.54) is 6.20 Å². The molecule has 6 nitrogen and oxygen atoms in total. The molecule has 4 aromatic rings. The molecule has 0 saturated heterocycles. The van der Waals surface area contributed by atoms with Gasteiger partial charge in [0.15, 0.2) is 0 Å². The van der Waals surface area contributed by atoms with Gasteiger partial charge < -0.3 is 10.1 Å². The number of aryl methyl sites for hydroxylation is 1. The molecule has 0 fully saturated rings. The summed E-state index contributed by atoms with van der Waals surface area (Å²) in [5.41, 5.74) is 3.69. The lowest BCUT2D eigenvalue weighted by atomic mass is 9.81. The fraction of sp³-hybridized carbons (Fsp3) is 0.167. The lowest BCUT2D eigenvalue weighted by molar-refractivity contribution is 0.0878. The predicted molar refractivity (Wildman–Crippen MR) is 113 cm³/mol. The second kappa shape index (κ2) is 7.22. The van der Waals surface area contributed by atoms with Crippen molar-refractivity contribution in [2.24, 2.45) is 0 Å². The predicted octanol–water partition coefficient (Wildman–Crippen LogP) is 3.79. The van der Waals surface area contributed by atoms with Crippen molar-refractivity contribution in [1.82, 2.24) is 20.3 Å². The normalized spacial score (nSPS) is 17.8. The van der Waals surface area contributed by atoms with E-state index >= 15 is 0 Å². The fourth-order valence-electron chi connectivity index (χ4n) is 3.90. The highest BCUT2D eigenvalue weighted by atomic mass is 16.5. The Bertz CT molecular complexity index is 1240. The van der Waals surface area contributed by atoms with E-state index in [2.05, 4.69) is 20.3 Å². The summed E-state index contributed by atoms with van der Waals surface area (Å²) in [6.07, 6.45) is 3.80. The molecule has 30 heavy (non-hydrogen) atoms. The molecule has 2 aromatic heterocycles. The molecule has 1 aliphatic heterocycles. The second-order valence-electron chi connectivity index (χ2n) is 7.42. The first-order valence-electron chi connectivity index (χ1n) is 9.85. The number of nitrogens with zero attached hydrogens (tertiary/aromatic N) is 3. The van der Waals surface area contributed by atoms with Crippen LogP contribution >= 0.6 is 0 Å². The third-order valence-corrected chi connectivity index (χ3v) is 5.46. The summed E-state index contributed by atoms with van der Waals surface area (Å²) in [7, 11) is 0. The maximum Gasteiger partial charge on any atom is 0.272 e. The first-order valence-corrected chi connectivity index (χ1v) is 9.85. The average Bonchev–Trinajstić information content (AvgIpc) is 2.79. The molecule has 3 heterocycles. The van der Waals surface area contributed by atoms with Crippen molar-refractivity contribution in [1.29, 1.82) is 0 Å². The van der Waals surface area contributed by atoms with Gasteiger partial charge in [0.05, 0.1) is 23.8 Å². The van der Waals surface area contributed by atoms with E-state index in [-0.39, 0.29) is 11.6 Å². The molecule has 1 aliphatic rings. The van der Waals surface area contributed by atoms with Crippen molar-refractivity contribution < 1.29 is 9.53 Å². The van der Waals surface area contributed by atoms with Gasteiger partial charge >= 0.3 is 0 Å². The van der Waals surface area contributed by atoms with Crippen LogP contribution in [0.1, 0.15) is 33.7 Å². The number of ether oxygens (including phenoxy) is 1. The van der Waals surface area contributed by atoms with Crippen LogP contribution in [-0.2, 0) is 5.54 Å². The summed E-state index contributed by atoms with van der Waals surface area (Å²) in [5, 5.41) is 3.22. The molecule has 6 heteroatoms. The number of benzene rings is 2. The molecule has 1 atom stereocenters. The van der Waals surface area contributed by atoms with Gasteiger partial charge in [0, 0.05) is 12.6 Å². The van der Waals surface area contributed by atoms with Crippen LogP contribution in [0.2, 0.25) is 0 Å². The Morgan fingerprint density at radius 2 is 1.80 bits per heavy atom. The molecule has 1 N–H and O–H groups in total. The van der Waals surface area contributed by atoms with Crippen LogP contribution < -0.4 is 10.1 Å². The van der Waals surface area contributed by atoms with E-state index in [0.29, 0.717) is 30.0 Å². The van der Waals surface area contributed by atoms with Gasteiger partial charge in [0.2, 0.25) is 0 Å². The largest absolute Gasteiger partial charge is 0.491 e. The Morgan fingerprint density at radius 1 is 1.00 bits per heavy atom. The van der Waals surface area contributed by atoms with E-state index in [1.54, 1.807) is 6.20 Å². The third-order valence-electron chi connectivity index (χ3n) is 5.46. The number of hydrogen-bond donors (Lipinski definition) is 1. The summed E-state index contributed by atoms with van der Waals surface area (Å²) in [6, 6.07) is 19.4. The number of pyridine rings is 1.